The average Bonchev–Trinajstić information content (AvgIpc) is 1.62. The zero-order valence-electron chi connectivity index (χ0n) is 8.58. The van der Waals surface area contributed by atoms with Gasteiger partial charge in [0, 0.05) is 0 Å². The van der Waals surface area contributed by atoms with Gasteiger partial charge >= 0.3 is 100 Å². The van der Waals surface area contributed by atoms with Crippen molar-refractivity contribution in [2.75, 3.05) is 0 Å². The normalized spacial score (nSPS) is 19.3. The molecule has 0 N–H and O–H groups in total. The molecule has 56 valence electrons. The van der Waals surface area contributed by atoms with Crippen LogP contribution in [-0.4, -0.2) is 48.4 Å². The first kappa shape index (κ1) is 11.9. The van der Waals surface area contributed by atoms with Crippen molar-refractivity contribution in [1.29, 1.82) is 0 Å². The summed E-state index contributed by atoms with van der Waals surface area (Å²) in [6.45, 7) is 14.6. The fourth-order valence-corrected chi connectivity index (χ4v) is 2.60. The van der Waals surface area contributed by atoms with Crippen LogP contribution in [0.25, 0.3) is 0 Å². The van der Waals surface area contributed by atoms with Crippen LogP contribution in [0, 0.1) is 0 Å². The molecule has 0 fully saturated rings. The van der Waals surface area contributed by atoms with Gasteiger partial charge in [0.05, 0.1) is 0 Å². The average molecular weight is 182 g/mol. The molecule has 0 aliphatic carbocycles. The standard InChI is InChI=1S/C8H19Si.K/c1-7(2)9(6)8(3,4)5;/h7H,1-6H3;. The van der Waals surface area contributed by atoms with Gasteiger partial charge in [-0.25, -0.2) is 0 Å². The summed E-state index contributed by atoms with van der Waals surface area (Å²) in [5.74, 6) is 0. The second-order valence-electron chi connectivity index (χ2n) is 5.13. The Morgan fingerprint density at radius 3 is 1.50 bits per heavy atom. The van der Waals surface area contributed by atoms with Gasteiger partial charge in [-0.1, -0.05) is 0 Å². The molecular weight excluding hydrogens is 163 g/mol. The van der Waals surface area contributed by atoms with Gasteiger partial charge in [0.25, 0.3) is 0 Å². The molecule has 0 aromatic carbocycles. The van der Waals surface area contributed by atoms with Crippen LogP contribution in [0.2, 0.25) is 17.1 Å². The van der Waals surface area contributed by atoms with Crippen LogP contribution in [0.5, 0.6) is 0 Å². The number of hydrogen-bond acceptors (Lipinski definition) is 0. The Balaban J connectivity index is 4.40. The van der Waals surface area contributed by atoms with E-state index < -0.39 is 0.755 Å². The van der Waals surface area contributed by atoms with E-state index in [0.717, 1.165) is 53.2 Å². The summed E-state index contributed by atoms with van der Waals surface area (Å²) in [5.41, 5.74) is 0.979. The van der Waals surface area contributed by atoms with Gasteiger partial charge in [-0.05, 0) is 0 Å². The quantitative estimate of drug-likeness (QED) is 0.547. The summed E-state index contributed by atoms with van der Waals surface area (Å²) in [7, 11) is 0. The van der Waals surface area contributed by atoms with Gasteiger partial charge in [-0.2, -0.15) is 0 Å². The van der Waals surface area contributed by atoms with E-state index in [-0.39, 0.29) is 0 Å². The minimum atomic E-state index is -0.795. The van der Waals surface area contributed by atoms with Crippen molar-refractivity contribution in [2.24, 2.45) is 0 Å². The zero-order chi connectivity index (χ0) is 8.58. The van der Waals surface area contributed by atoms with E-state index in [2.05, 4.69) is 41.2 Å². The van der Waals surface area contributed by atoms with Gasteiger partial charge in [0.2, 0.25) is 0 Å². The molecule has 0 bridgehead atoms. The third kappa shape index (κ3) is 2.72. The Morgan fingerprint density at radius 2 is 1.50 bits per heavy atom. The maximum atomic E-state index is 2.57. The molecule has 1 unspecified atom stereocenters. The first-order chi connectivity index (χ1) is 4.19. The van der Waals surface area contributed by atoms with Crippen LogP contribution in [0.4, 0.5) is 0 Å². The van der Waals surface area contributed by atoms with Crippen molar-refractivity contribution in [3.63, 3.8) is 0 Å². The second kappa shape index (κ2) is 3.71. The maximum absolute atomic E-state index is 2.57. The molecule has 0 radical (unpaired) electrons. The molecule has 0 saturated carbocycles. The van der Waals surface area contributed by atoms with Crippen molar-refractivity contribution in [1.82, 2.24) is 0 Å². The van der Waals surface area contributed by atoms with Crippen LogP contribution in [0.15, 0.2) is 0 Å². The van der Waals surface area contributed by atoms with Crippen LogP contribution in [0.1, 0.15) is 34.6 Å². The molecule has 0 aromatic heterocycles. The summed E-state index contributed by atoms with van der Waals surface area (Å²) in [4.78, 5) is 0. The van der Waals surface area contributed by atoms with Crippen LogP contribution in [-0.2, 0) is 0 Å². The predicted molar refractivity (Wildman–Crippen MR) is 52.2 cm³/mol. The fourth-order valence-electron chi connectivity index (χ4n) is 0.866. The summed E-state index contributed by atoms with van der Waals surface area (Å²) < 4.78 is -0.795. The molecule has 10 heavy (non-hydrogen) atoms. The molecule has 0 saturated heterocycles. The van der Waals surface area contributed by atoms with E-state index in [0.29, 0.717) is 5.04 Å². The first-order valence-electron chi connectivity index (χ1n) is 4.19. The molecule has 0 aliphatic heterocycles. The Labute approximate surface area is 98.4 Å². The summed E-state index contributed by atoms with van der Waals surface area (Å²) >= 11 is 1.06. The molecule has 0 spiro atoms. The van der Waals surface area contributed by atoms with E-state index in [4.69, 9.17) is 0 Å². The molecule has 0 aliphatic rings. The van der Waals surface area contributed by atoms with Crippen molar-refractivity contribution in [2.45, 2.75) is 51.7 Å². The van der Waals surface area contributed by atoms with Gasteiger partial charge < -0.3 is 0 Å². The Bertz CT molecular complexity index is 111. The monoisotopic (exact) mass is 182 g/mol. The van der Waals surface area contributed by atoms with Gasteiger partial charge in [-0.15, -0.1) is 0 Å². The van der Waals surface area contributed by atoms with Crippen molar-refractivity contribution >= 4 is 48.4 Å². The predicted octanol–water partition coefficient (Wildman–Crippen LogP) is 2.94. The topological polar surface area (TPSA) is 0 Å². The SMILES string of the molecule is CC(C)[Si](C)([K])C(C)(C)C. The van der Waals surface area contributed by atoms with Crippen LogP contribution in [0.3, 0.4) is 0 Å². The Morgan fingerprint density at radius 1 is 1.20 bits per heavy atom. The second-order valence-corrected chi connectivity index (χ2v) is 21.0. The van der Waals surface area contributed by atoms with Gasteiger partial charge in [0.15, 0.2) is 0 Å². The van der Waals surface area contributed by atoms with Crippen molar-refractivity contribution < 1.29 is 0 Å². The molecule has 0 rings (SSSR count). The first-order valence-corrected chi connectivity index (χ1v) is 12.0. The van der Waals surface area contributed by atoms with E-state index in [1.165, 1.54) is 0 Å². The third-order valence-electron chi connectivity index (χ3n) is 3.38. The summed E-state index contributed by atoms with van der Waals surface area (Å²) in [6.07, 6.45) is 0. The number of hydrogen-bond donors (Lipinski definition) is 0. The molecule has 0 aromatic rings. The van der Waals surface area contributed by atoms with Crippen molar-refractivity contribution in [3.05, 3.63) is 0 Å². The van der Waals surface area contributed by atoms with Crippen LogP contribution < -0.4 is 0 Å². The fraction of sp³-hybridized carbons (Fsp3) is 1.00. The van der Waals surface area contributed by atoms with E-state index in [1.807, 2.05) is 0 Å². The Kier molecular flexibility index (Phi) is 4.40. The van der Waals surface area contributed by atoms with E-state index >= 15 is 0 Å². The third-order valence-corrected chi connectivity index (χ3v) is 22.6. The van der Waals surface area contributed by atoms with Crippen LogP contribution >= 0.6 is 0 Å². The zero-order valence-corrected chi connectivity index (χ0v) is 12.7. The summed E-state index contributed by atoms with van der Waals surface area (Å²) in [6, 6.07) is 0. The van der Waals surface area contributed by atoms with E-state index in [1.54, 1.807) is 0 Å². The molecule has 0 amide bonds. The van der Waals surface area contributed by atoms with Gasteiger partial charge in [0.1, 0.15) is 0 Å². The van der Waals surface area contributed by atoms with Crippen molar-refractivity contribution in [3.8, 4) is 0 Å². The molecule has 2 heteroatoms. The van der Waals surface area contributed by atoms with Gasteiger partial charge in [-0.3, -0.25) is 0 Å². The molecule has 1 atom stereocenters. The van der Waals surface area contributed by atoms with E-state index in [9.17, 15) is 0 Å². The molecular formula is C8H19KSi. The summed E-state index contributed by atoms with van der Waals surface area (Å²) in [5, 5.41) is 0.640. The minimum absolute atomic E-state index is 0.640. The molecule has 0 heterocycles. The Hall–Kier alpha value is 1.85. The number of rotatable bonds is 1. The molecule has 0 nitrogen and oxygen atoms in total.